The molecule has 1 aromatic rings. The van der Waals surface area contributed by atoms with Crippen molar-refractivity contribution < 1.29 is 14.3 Å². The summed E-state index contributed by atoms with van der Waals surface area (Å²) >= 11 is 0. The lowest BCUT2D eigenvalue weighted by atomic mass is 10.0. The van der Waals surface area contributed by atoms with Crippen molar-refractivity contribution in [1.82, 2.24) is 10.3 Å². The number of piperidine rings is 1. The normalized spacial score (nSPS) is 18.7. The Hall–Kier alpha value is -1.79. The molecule has 2 heterocycles. The maximum Gasteiger partial charge on any atom is 0.243 e. The second kappa shape index (κ2) is 8.35. The van der Waals surface area contributed by atoms with Crippen LogP contribution in [0.2, 0.25) is 0 Å². The number of methoxy groups -OCH3 is 2. The van der Waals surface area contributed by atoms with Gasteiger partial charge in [0.25, 0.3) is 0 Å². The number of carbonyl (C=O) groups is 1. The first kappa shape index (κ1) is 18.5. The maximum atomic E-state index is 12.2. The molecule has 6 nitrogen and oxygen atoms in total. The quantitative estimate of drug-likeness (QED) is 0.901. The molecule has 1 aromatic carbocycles. The van der Waals surface area contributed by atoms with Gasteiger partial charge in [0, 0.05) is 18.4 Å². The van der Waals surface area contributed by atoms with Crippen molar-refractivity contribution in [3.8, 4) is 11.5 Å². The molecule has 24 heavy (non-hydrogen) atoms. The van der Waals surface area contributed by atoms with Gasteiger partial charge in [0.05, 0.1) is 26.0 Å². The number of nitrogens with zero attached hydrogens (tertiary/aromatic N) is 2. The molecule has 1 amide bonds. The van der Waals surface area contributed by atoms with Gasteiger partial charge in [0.2, 0.25) is 5.91 Å². The van der Waals surface area contributed by atoms with Crippen LogP contribution in [0.1, 0.15) is 31.2 Å². The summed E-state index contributed by atoms with van der Waals surface area (Å²) in [5, 5.41) is 9.69. The predicted molar refractivity (Wildman–Crippen MR) is 95.3 cm³/mol. The summed E-state index contributed by atoms with van der Waals surface area (Å²) in [7, 11) is 3.24. The van der Waals surface area contributed by atoms with Crippen LogP contribution < -0.4 is 14.8 Å². The summed E-state index contributed by atoms with van der Waals surface area (Å²) in [6.07, 6.45) is 3.08. The summed E-state index contributed by atoms with van der Waals surface area (Å²) in [5.41, 5.74) is 1.91. The summed E-state index contributed by atoms with van der Waals surface area (Å²) in [6, 6.07) is 5.98. The van der Waals surface area contributed by atoms with Gasteiger partial charge in [-0.2, -0.15) is 5.10 Å². The molecular weight excluding hydrogens is 330 g/mol. The summed E-state index contributed by atoms with van der Waals surface area (Å²) in [4.78, 5) is 12.2. The highest BCUT2D eigenvalue weighted by Crippen LogP contribution is 2.29. The van der Waals surface area contributed by atoms with Crippen LogP contribution in [-0.4, -0.2) is 50.0 Å². The summed E-state index contributed by atoms with van der Waals surface area (Å²) < 4.78 is 10.6. The highest BCUT2D eigenvalue weighted by Gasteiger charge is 2.29. The topological polar surface area (TPSA) is 63.2 Å². The fourth-order valence-electron chi connectivity index (χ4n) is 3.13. The van der Waals surface area contributed by atoms with Crippen LogP contribution in [0.15, 0.2) is 23.3 Å². The lowest BCUT2D eigenvalue weighted by Gasteiger charge is -2.33. The van der Waals surface area contributed by atoms with Crippen molar-refractivity contribution in [1.29, 1.82) is 0 Å². The zero-order chi connectivity index (χ0) is 16.2. The van der Waals surface area contributed by atoms with Crippen molar-refractivity contribution in [2.45, 2.75) is 31.7 Å². The Morgan fingerprint density at radius 2 is 1.83 bits per heavy atom. The van der Waals surface area contributed by atoms with Gasteiger partial charge in [-0.05, 0) is 44.1 Å². The number of hydrogen-bond donors (Lipinski definition) is 1. The number of ether oxygens (including phenoxy) is 2. The smallest absolute Gasteiger partial charge is 0.243 e. The second-order valence-electron chi connectivity index (χ2n) is 5.84. The van der Waals surface area contributed by atoms with Gasteiger partial charge in [-0.1, -0.05) is 0 Å². The Labute approximate surface area is 148 Å². The van der Waals surface area contributed by atoms with E-state index in [1.807, 2.05) is 18.2 Å². The number of benzene rings is 1. The predicted octanol–water partition coefficient (Wildman–Crippen LogP) is 2.20. The van der Waals surface area contributed by atoms with Crippen molar-refractivity contribution in [2.75, 3.05) is 27.3 Å². The molecule has 1 saturated heterocycles. The minimum absolute atomic E-state index is 0. The number of amides is 1. The molecule has 1 N–H and O–H groups in total. The first-order chi connectivity index (χ1) is 11.2. The fraction of sp³-hybridized carbons (Fsp3) is 0.529. The van der Waals surface area contributed by atoms with Gasteiger partial charge in [-0.3, -0.25) is 4.79 Å². The minimum Gasteiger partial charge on any atom is -0.493 e. The Kier molecular flexibility index (Phi) is 6.45. The van der Waals surface area contributed by atoms with E-state index in [0.29, 0.717) is 24.3 Å². The molecular formula is C17H24ClN3O3. The lowest BCUT2D eigenvalue weighted by molar-refractivity contribution is -0.134. The maximum absolute atomic E-state index is 12.2. The number of hydrazone groups is 1. The SMILES string of the molecule is COc1ccc(C2=NN(C3CCNCC3)C(=O)CC2)cc1OC.Cl. The van der Waals surface area contributed by atoms with E-state index >= 15 is 0 Å². The number of carbonyl (C=O) groups excluding carboxylic acids is 1. The lowest BCUT2D eigenvalue weighted by Crippen LogP contribution is -2.45. The largest absolute Gasteiger partial charge is 0.493 e. The van der Waals surface area contributed by atoms with Crippen LogP contribution in [0.3, 0.4) is 0 Å². The van der Waals surface area contributed by atoms with Gasteiger partial charge in [0.1, 0.15) is 0 Å². The number of halogens is 1. The number of rotatable bonds is 4. The molecule has 0 spiro atoms. The van der Waals surface area contributed by atoms with E-state index in [4.69, 9.17) is 9.47 Å². The van der Waals surface area contributed by atoms with Crippen LogP contribution >= 0.6 is 12.4 Å². The summed E-state index contributed by atoms with van der Waals surface area (Å²) in [6.45, 7) is 1.88. The summed E-state index contributed by atoms with van der Waals surface area (Å²) in [5.74, 6) is 1.50. The second-order valence-corrected chi connectivity index (χ2v) is 5.84. The zero-order valence-corrected chi connectivity index (χ0v) is 14.9. The standard InChI is InChI=1S/C17H23N3O3.ClH/c1-22-15-5-3-12(11-16(15)23-2)14-4-6-17(21)20(19-14)13-7-9-18-10-8-13;/h3,5,11,13,18H,4,6-10H2,1-2H3;1H. The van der Waals surface area contributed by atoms with Gasteiger partial charge in [-0.25, -0.2) is 5.01 Å². The van der Waals surface area contributed by atoms with Gasteiger partial charge in [0.15, 0.2) is 11.5 Å². The minimum atomic E-state index is 0. The number of nitrogens with one attached hydrogen (secondary N) is 1. The Morgan fingerprint density at radius 3 is 2.50 bits per heavy atom. The molecule has 7 heteroatoms. The Morgan fingerprint density at radius 1 is 1.12 bits per heavy atom. The Balaban J connectivity index is 0.00000208. The zero-order valence-electron chi connectivity index (χ0n) is 14.1. The molecule has 0 aliphatic carbocycles. The van der Waals surface area contributed by atoms with E-state index in [9.17, 15) is 4.79 Å². The first-order valence-electron chi connectivity index (χ1n) is 8.05. The average Bonchev–Trinajstić information content (AvgIpc) is 2.62. The van der Waals surface area contributed by atoms with Gasteiger partial charge < -0.3 is 14.8 Å². The molecule has 1 fully saturated rings. The molecule has 0 radical (unpaired) electrons. The average molecular weight is 354 g/mol. The first-order valence-corrected chi connectivity index (χ1v) is 8.05. The molecule has 2 aliphatic rings. The van der Waals surface area contributed by atoms with Crippen LogP contribution in [0.5, 0.6) is 11.5 Å². The third-order valence-electron chi connectivity index (χ3n) is 4.43. The number of hydrogen-bond acceptors (Lipinski definition) is 5. The van der Waals surface area contributed by atoms with E-state index in [0.717, 1.165) is 37.2 Å². The fourth-order valence-corrected chi connectivity index (χ4v) is 3.13. The van der Waals surface area contributed by atoms with E-state index in [1.54, 1.807) is 19.2 Å². The molecule has 0 aromatic heterocycles. The molecule has 0 saturated carbocycles. The molecule has 0 bridgehead atoms. The van der Waals surface area contributed by atoms with Crippen molar-refractivity contribution in [2.24, 2.45) is 5.10 Å². The van der Waals surface area contributed by atoms with E-state index in [-0.39, 0.29) is 24.4 Å². The monoisotopic (exact) mass is 353 g/mol. The third-order valence-corrected chi connectivity index (χ3v) is 4.43. The third kappa shape index (κ3) is 3.82. The van der Waals surface area contributed by atoms with E-state index in [1.165, 1.54) is 0 Å². The van der Waals surface area contributed by atoms with Crippen LogP contribution in [0.4, 0.5) is 0 Å². The van der Waals surface area contributed by atoms with E-state index < -0.39 is 0 Å². The van der Waals surface area contributed by atoms with Crippen LogP contribution in [0.25, 0.3) is 0 Å². The van der Waals surface area contributed by atoms with E-state index in [2.05, 4.69) is 10.4 Å². The van der Waals surface area contributed by atoms with Crippen molar-refractivity contribution in [3.05, 3.63) is 23.8 Å². The van der Waals surface area contributed by atoms with Crippen LogP contribution in [0, 0.1) is 0 Å². The molecule has 0 unspecified atom stereocenters. The van der Waals surface area contributed by atoms with Crippen molar-refractivity contribution >= 4 is 24.0 Å². The molecule has 3 rings (SSSR count). The highest BCUT2D eigenvalue weighted by atomic mass is 35.5. The van der Waals surface area contributed by atoms with Gasteiger partial charge in [-0.15, -0.1) is 12.4 Å². The molecule has 2 aliphatic heterocycles. The molecule has 0 atom stereocenters. The highest BCUT2D eigenvalue weighted by molar-refractivity contribution is 6.04. The van der Waals surface area contributed by atoms with Gasteiger partial charge >= 0.3 is 0 Å². The van der Waals surface area contributed by atoms with Crippen LogP contribution in [-0.2, 0) is 4.79 Å². The Bertz CT molecular complexity index is 615. The van der Waals surface area contributed by atoms with Crippen molar-refractivity contribution in [3.63, 3.8) is 0 Å². The molecule has 132 valence electrons.